The zero-order valence-electron chi connectivity index (χ0n) is 11.2. The second-order valence-electron chi connectivity index (χ2n) is 3.86. The van der Waals surface area contributed by atoms with Crippen LogP contribution in [0.1, 0.15) is 16.2 Å². The van der Waals surface area contributed by atoms with Gasteiger partial charge in [0.25, 0.3) is 5.91 Å². The second kappa shape index (κ2) is 6.15. The molecule has 8 heteroatoms. The Morgan fingerprint density at radius 2 is 2.20 bits per heavy atom. The number of nitrogens with one attached hydrogen (secondary N) is 1. The van der Waals surface area contributed by atoms with Gasteiger partial charge in [-0.15, -0.1) is 10.2 Å². The summed E-state index contributed by atoms with van der Waals surface area (Å²) in [6.07, 6.45) is 1.86. The Labute approximate surface area is 125 Å². The highest BCUT2D eigenvalue weighted by atomic mass is 35.5. The number of aromatic nitrogens is 3. The molecule has 0 spiro atoms. The maximum absolute atomic E-state index is 12.2. The van der Waals surface area contributed by atoms with Gasteiger partial charge >= 0.3 is 0 Å². The molecule has 0 saturated carbocycles. The number of rotatable bonds is 4. The number of aryl methyl sites for hydroxylation is 1. The molecule has 2 rings (SSSR count). The molecule has 0 aliphatic heterocycles. The Kier molecular flexibility index (Phi) is 4.51. The fourth-order valence-electron chi connectivity index (χ4n) is 1.58. The van der Waals surface area contributed by atoms with Crippen LogP contribution in [-0.4, -0.2) is 34.1 Å². The van der Waals surface area contributed by atoms with Crippen molar-refractivity contribution >= 4 is 29.3 Å². The monoisotopic (exact) mass is 312 g/mol. The number of carbonyl (C=O) groups excluding carboxylic acids is 1. The van der Waals surface area contributed by atoms with E-state index in [9.17, 15) is 4.79 Å². The Balaban J connectivity index is 2.24. The highest BCUT2D eigenvalue weighted by Gasteiger charge is 2.13. The zero-order chi connectivity index (χ0) is 14.7. The average molecular weight is 313 g/mol. The van der Waals surface area contributed by atoms with E-state index in [-0.39, 0.29) is 5.91 Å². The van der Waals surface area contributed by atoms with Crippen LogP contribution in [0.3, 0.4) is 0 Å². The summed E-state index contributed by atoms with van der Waals surface area (Å²) in [5.74, 6) is 0.823. The highest BCUT2D eigenvalue weighted by molar-refractivity contribution is 7.98. The van der Waals surface area contributed by atoms with Gasteiger partial charge < -0.3 is 4.74 Å². The molecule has 2 aromatic rings. The highest BCUT2D eigenvalue weighted by Crippen LogP contribution is 2.25. The van der Waals surface area contributed by atoms with Crippen LogP contribution < -0.4 is 10.2 Å². The van der Waals surface area contributed by atoms with E-state index in [0.717, 1.165) is 0 Å². The summed E-state index contributed by atoms with van der Waals surface area (Å²) in [5.41, 5.74) is 3.15. The molecular weight excluding hydrogens is 300 g/mol. The lowest BCUT2D eigenvalue weighted by Gasteiger charge is -2.10. The van der Waals surface area contributed by atoms with Crippen molar-refractivity contribution in [1.29, 1.82) is 0 Å². The van der Waals surface area contributed by atoms with E-state index >= 15 is 0 Å². The second-order valence-corrected chi connectivity index (χ2v) is 5.04. The largest absolute Gasteiger partial charge is 0.495 e. The van der Waals surface area contributed by atoms with E-state index in [2.05, 4.69) is 15.6 Å². The van der Waals surface area contributed by atoms with Crippen molar-refractivity contribution in [3.8, 4) is 5.75 Å². The van der Waals surface area contributed by atoms with Gasteiger partial charge in [-0.2, -0.15) is 0 Å². The van der Waals surface area contributed by atoms with Crippen LogP contribution in [0.15, 0.2) is 23.4 Å². The Bertz CT molecular complexity index is 644. The van der Waals surface area contributed by atoms with Crippen molar-refractivity contribution in [1.82, 2.24) is 14.9 Å². The van der Waals surface area contributed by atoms with Crippen LogP contribution in [0, 0.1) is 6.92 Å². The minimum atomic E-state index is -0.298. The maximum atomic E-state index is 12.2. The fourth-order valence-corrected chi connectivity index (χ4v) is 2.32. The Hall–Kier alpha value is -1.73. The summed E-state index contributed by atoms with van der Waals surface area (Å²) in [5, 5.41) is 8.84. The van der Waals surface area contributed by atoms with E-state index in [1.54, 1.807) is 25.1 Å². The molecule has 0 atom stereocenters. The first-order valence-electron chi connectivity index (χ1n) is 5.67. The van der Waals surface area contributed by atoms with Crippen molar-refractivity contribution in [2.24, 2.45) is 0 Å². The first-order valence-corrected chi connectivity index (χ1v) is 7.28. The van der Waals surface area contributed by atoms with Crippen LogP contribution in [0.4, 0.5) is 0 Å². The normalized spacial score (nSPS) is 10.4. The molecular formula is C12H13ClN4O2S. The third-order valence-corrected chi connectivity index (χ3v) is 3.53. The van der Waals surface area contributed by atoms with E-state index in [4.69, 9.17) is 16.3 Å². The summed E-state index contributed by atoms with van der Waals surface area (Å²) >= 11 is 7.40. The minimum Gasteiger partial charge on any atom is -0.495 e. The molecule has 1 amide bonds. The number of hydrogen-bond donors (Lipinski definition) is 1. The molecule has 0 bridgehead atoms. The smallest absolute Gasteiger partial charge is 0.270 e. The zero-order valence-corrected chi connectivity index (χ0v) is 12.7. The number of amides is 1. The standard InChI is InChI=1S/C12H13ClN4O2S/c1-7-14-15-12(20-3)17(7)16-11(18)8-4-5-10(19-2)9(13)6-8/h4-6H,1-3H3,(H,16,18). The van der Waals surface area contributed by atoms with Gasteiger partial charge in [0.05, 0.1) is 12.1 Å². The SMILES string of the molecule is COc1ccc(C(=O)Nn2c(C)nnc2SC)cc1Cl. The molecule has 0 saturated heterocycles. The van der Waals surface area contributed by atoms with Gasteiger partial charge in [0.2, 0.25) is 5.16 Å². The lowest BCUT2D eigenvalue weighted by atomic mass is 10.2. The topological polar surface area (TPSA) is 69.0 Å². The van der Waals surface area contributed by atoms with Gasteiger partial charge in [-0.3, -0.25) is 10.2 Å². The lowest BCUT2D eigenvalue weighted by Crippen LogP contribution is -2.24. The van der Waals surface area contributed by atoms with Gasteiger partial charge in [-0.1, -0.05) is 23.4 Å². The van der Waals surface area contributed by atoms with Crippen LogP contribution in [0.25, 0.3) is 0 Å². The number of hydrogen-bond acceptors (Lipinski definition) is 5. The first-order chi connectivity index (χ1) is 9.56. The molecule has 0 aliphatic carbocycles. The van der Waals surface area contributed by atoms with Crippen molar-refractivity contribution in [2.75, 3.05) is 18.8 Å². The molecule has 106 valence electrons. The number of nitrogens with zero attached hydrogens (tertiary/aromatic N) is 3. The first kappa shape index (κ1) is 14.7. The predicted molar refractivity (Wildman–Crippen MR) is 78.2 cm³/mol. The fraction of sp³-hybridized carbons (Fsp3) is 0.250. The molecule has 0 fully saturated rings. The molecule has 1 heterocycles. The number of thioether (sulfide) groups is 1. The third-order valence-electron chi connectivity index (χ3n) is 2.61. The quantitative estimate of drug-likeness (QED) is 0.878. The summed E-state index contributed by atoms with van der Waals surface area (Å²) in [6, 6.07) is 4.83. The van der Waals surface area contributed by atoms with Crippen molar-refractivity contribution in [3.63, 3.8) is 0 Å². The summed E-state index contributed by atoms with van der Waals surface area (Å²) < 4.78 is 6.58. The van der Waals surface area contributed by atoms with E-state index in [1.165, 1.54) is 23.5 Å². The average Bonchev–Trinajstić information content (AvgIpc) is 2.79. The van der Waals surface area contributed by atoms with E-state index < -0.39 is 0 Å². The number of ether oxygens (including phenoxy) is 1. The number of methoxy groups -OCH3 is 1. The van der Waals surface area contributed by atoms with Crippen LogP contribution in [0.5, 0.6) is 5.75 Å². The molecule has 1 N–H and O–H groups in total. The van der Waals surface area contributed by atoms with Crippen molar-refractivity contribution in [3.05, 3.63) is 34.6 Å². The lowest BCUT2D eigenvalue weighted by molar-refractivity contribution is 0.100. The molecule has 20 heavy (non-hydrogen) atoms. The maximum Gasteiger partial charge on any atom is 0.270 e. The van der Waals surface area contributed by atoms with Crippen LogP contribution in [-0.2, 0) is 0 Å². The molecule has 0 radical (unpaired) electrons. The third kappa shape index (κ3) is 2.88. The summed E-state index contributed by atoms with van der Waals surface area (Å²) in [6.45, 7) is 1.76. The van der Waals surface area contributed by atoms with Gasteiger partial charge in [-0.05, 0) is 31.4 Å². The summed E-state index contributed by atoms with van der Waals surface area (Å²) in [4.78, 5) is 12.2. The van der Waals surface area contributed by atoms with Gasteiger partial charge in [0.15, 0.2) is 0 Å². The minimum absolute atomic E-state index is 0.298. The summed E-state index contributed by atoms with van der Waals surface area (Å²) in [7, 11) is 1.52. The molecule has 0 aliphatic rings. The Morgan fingerprint density at radius 3 is 2.80 bits per heavy atom. The van der Waals surface area contributed by atoms with Crippen molar-refractivity contribution < 1.29 is 9.53 Å². The molecule has 1 aromatic heterocycles. The van der Waals surface area contributed by atoms with Crippen LogP contribution >= 0.6 is 23.4 Å². The number of halogens is 1. The molecule has 0 unspecified atom stereocenters. The number of benzene rings is 1. The van der Waals surface area contributed by atoms with Gasteiger partial charge in [0, 0.05) is 5.56 Å². The van der Waals surface area contributed by atoms with Gasteiger partial charge in [0.1, 0.15) is 11.6 Å². The molecule has 1 aromatic carbocycles. The molecule has 6 nitrogen and oxygen atoms in total. The number of carbonyl (C=O) groups is 1. The van der Waals surface area contributed by atoms with Crippen LogP contribution in [0.2, 0.25) is 5.02 Å². The predicted octanol–water partition coefficient (Wildman–Crippen LogP) is 2.35. The van der Waals surface area contributed by atoms with E-state index in [0.29, 0.717) is 27.3 Å². The van der Waals surface area contributed by atoms with Gasteiger partial charge in [-0.25, -0.2) is 4.68 Å². The van der Waals surface area contributed by atoms with Crippen molar-refractivity contribution in [2.45, 2.75) is 12.1 Å². The van der Waals surface area contributed by atoms with E-state index in [1.807, 2.05) is 6.26 Å². The Morgan fingerprint density at radius 1 is 1.45 bits per heavy atom.